The molecule has 0 aliphatic heterocycles. The third-order valence-corrected chi connectivity index (χ3v) is 4.36. The first-order valence-electron chi connectivity index (χ1n) is 8.90. The van der Waals surface area contributed by atoms with Crippen LogP contribution in [0.15, 0.2) is 54.6 Å². The highest BCUT2D eigenvalue weighted by molar-refractivity contribution is 5.89. The van der Waals surface area contributed by atoms with E-state index in [4.69, 9.17) is 4.74 Å². The lowest BCUT2D eigenvalue weighted by molar-refractivity contribution is 0.0500. The molecule has 1 aliphatic rings. The van der Waals surface area contributed by atoms with Gasteiger partial charge in [-0.15, -0.1) is 0 Å². The molecule has 1 aliphatic carbocycles. The van der Waals surface area contributed by atoms with Crippen molar-refractivity contribution >= 4 is 5.97 Å². The van der Waals surface area contributed by atoms with Crippen LogP contribution in [0, 0.1) is 12.8 Å². The van der Waals surface area contributed by atoms with Gasteiger partial charge in [0.25, 0.3) is 0 Å². The Morgan fingerprint density at radius 3 is 2.25 bits per heavy atom. The van der Waals surface area contributed by atoms with E-state index in [-0.39, 0.29) is 5.97 Å². The molecule has 2 nitrogen and oxygen atoms in total. The van der Waals surface area contributed by atoms with Crippen LogP contribution >= 0.6 is 0 Å². The number of ether oxygens (including phenoxy) is 1. The summed E-state index contributed by atoms with van der Waals surface area (Å²) in [6, 6.07) is 18.2. The van der Waals surface area contributed by atoms with Gasteiger partial charge in [0.15, 0.2) is 0 Å². The zero-order valence-electron chi connectivity index (χ0n) is 15.0. The summed E-state index contributed by atoms with van der Waals surface area (Å²) in [5.41, 5.74) is 3.30. The quantitative estimate of drug-likeness (QED) is 0.516. The van der Waals surface area contributed by atoms with Crippen LogP contribution in [0.25, 0.3) is 0 Å². The third kappa shape index (κ3) is 5.84. The molecule has 0 aromatic heterocycles. The van der Waals surface area contributed by atoms with Gasteiger partial charge < -0.3 is 4.74 Å². The van der Waals surface area contributed by atoms with Crippen molar-refractivity contribution in [2.24, 2.45) is 5.92 Å². The molecule has 2 atom stereocenters. The summed E-state index contributed by atoms with van der Waals surface area (Å²) in [6.45, 7) is 6.90. The van der Waals surface area contributed by atoms with Gasteiger partial charge in [0.2, 0.25) is 0 Å². The van der Waals surface area contributed by atoms with Crippen molar-refractivity contribution < 1.29 is 9.53 Å². The lowest BCUT2D eigenvalue weighted by Gasteiger charge is -2.03. The first-order valence-corrected chi connectivity index (χ1v) is 8.90. The number of benzene rings is 2. The van der Waals surface area contributed by atoms with E-state index >= 15 is 0 Å². The predicted octanol–water partition coefficient (Wildman–Crippen LogP) is 5.76. The van der Waals surface area contributed by atoms with Gasteiger partial charge in [0.1, 0.15) is 0 Å². The molecule has 3 rings (SSSR count). The van der Waals surface area contributed by atoms with Crippen molar-refractivity contribution in [2.75, 3.05) is 6.61 Å². The maximum absolute atomic E-state index is 11.4. The van der Waals surface area contributed by atoms with Crippen LogP contribution in [-0.4, -0.2) is 12.6 Å². The van der Waals surface area contributed by atoms with Crippen molar-refractivity contribution in [3.05, 3.63) is 71.3 Å². The maximum atomic E-state index is 11.4. The molecule has 2 heteroatoms. The summed E-state index contributed by atoms with van der Waals surface area (Å²) < 4.78 is 5.07. The van der Waals surface area contributed by atoms with Gasteiger partial charge in [-0.05, 0) is 49.3 Å². The van der Waals surface area contributed by atoms with E-state index in [0.29, 0.717) is 12.2 Å². The molecule has 0 amide bonds. The van der Waals surface area contributed by atoms with Crippen molar-refractivity contribution in [2.45, 2.75) is 46.0 Å². The van der Waals surface area contributed by atoms with Gasteiger partial charge in [0.05, 0.1) is 12.2 Å². The fourth-order valence-corrected chi connectivity index (χ4v) is 2.57. The number of carbonyl (C=O) groups is 1. The molecule has 0 bridgehead atoms. The third-order valence-electron chi connectivity index (χ3n) is 4.36. The number of unbranched alkanes of at least 4 members (excludes halogenated alkanes) is 1. The summed E-state index contributed by atoms with van der Waals surface area (Å²) in [7, 11) is 0. The molecule has 0 unspecified atom stereocenters. The summed E-state index contributed by atoms with van der Waals surface area (Å²) >= 11 is 0. The van der Waals surface area contributed by atoms with Crippen LogP contribution in [0.4, 0.5) is 0 Å². The van der Waals surface area contributed by atoms with Gasteiger partial charge in [-0.2, -0.15) is 0 Å². The number of hydrogen-bond donors (Lipinski definition) is 0. The molecule has 1 saturated carbocycles. The Labute approximate surface area is 145 Å². The standard InChI is InChI=1S/C12H16O2.C10H12/c1-3-4-9-14-12(13)11-7-5-10(2)6-8-11;1-8-7-10(8)9-5-3-2-4-6-9/h5-8H,3-4,9H2,1-2H3;2-6,8,10H,7H2,1H3/t;8-,10-/m.1/s1. The molecular weight excluding hydrogens is 296 g/mol. The average Bonchev–Trinajstić information content (AvgIpc) is 3.34. The minimum absolute atomic E-state index is 0.224. The molecule has 24 heavy (non-hydrogen) atoms. The van der Waals surface area contributed by atoms with Crippen LogP contribution < -0.4 is 0 Å². The number of hydrogen-bond acceptors (Lipinski definition) is 2. The zero-order chi connectivity index (χ0) is 17.4. The van der Waals surface area contributed by atoms with Crippen LogP contribution in [0.3, 0.4) is 0 Å². The number of aryl methyl sites for hydroxylation is 1. The SMILES string of the molecule is CCCCOC(=O)c1ccc(C)cc1.C[C@@H]1C[C@H]1c1ccccc1. The Morgan fingerprint density at radius 1 is 1.08 bits per heavy atom. The monoisotopic (exact) mass is 324 g/mol. The lowest BCUT2D eigenvalue weighted by atomic mass is 10.1. The van der Waals surface area contributed by atoms with E-state index in [1.165, 1.54) is 12.0 Å². The second-order valence-corrected chi connectivity index (χ2v) is 6.59. The summed E-state index contributed by atoms with van der Waals surface area (Å²) in [4.78, 5) is 11.4. The van der Waals surface area contributed by atoms with Gasteiger partial charge in [0, 0.05) is 0 Å². The Hall–Kier alpha value is -2.09. The normalized spacial score (nSPS) is 18.3. The predicted molar refractivity (Wildman–Crippen MR) is 99.3 cm³/mol. The van der Waals surface area contributed by atoms with E-state index < -0.39 is 0 Å². The van der Waals surface area contributed by atoms with Gasteiger partial charge >= 0.3 is 5.97 Å². The lowest BCUT2D eigenvalue weighted by Crippen LogP contribution is -2.05. The smallest absolute Gasteiger partial charge is 0.338 e. The molecule has 0 radical (unpaired) electrons. The molecule has 128 valence electrons. The number of esters is 1. The van der Waals surface area contributed by atoms with Crippen LogP contribution in [-0.2, 0) is 4.74 Å². The fourth-order valence-electron chi connectivity index (χ4n) is 2.57. The first-order chi connectivity index (χ1) is 11.6. The number of carbonyl (C=O) groups excluding carboxylic acids is 1. The first kappa shape index (κ1) is 18.3. The van der Waals surface area contributed by atoms with Crippen molar-refractivity contribution in [3.63, 3.8) is 0 Å². The van der Waals surface area contributed by atoms with E-state index in [9.17, 15) is 4.79 Å². The molecule has 0 heterocycles. The molecule has 2 aromatic carbocycles. The average molecular weight is 324 g/mol. The van der Waals surface area contributed by atoms with Gasteiger partial charge in [-0.25, -0.2) is 4.79 Å². The molecule has 0 saturated heterocycles. The molecule has 0 N–H and O–H groups in total. The van der Waals surface area contributed by atoms with E-state index in [0.717, 1.165) is 30.2 Å². The minimum atomic E-state index is -0.224. The Bertz CT molecular complexity index is 616. The van der Waals surface area contributed by atoms with Crippen LogP contribution in [0.1, 0.15) is 60.5 Å². The van der Waals surface area contributed by atoms with E-state index in [2.05, 4.69) is 44.2 Å². The van der Waals surface area contributed by atoms with Crippen LogP contribution in [0.2, 0.25) is 0 Å². The maximum Gasteiger partial charge on any atom is 0.338 e. The largest absolute Gasteiger partial charge is 0.462 e. The highest BCUT2D eigenvalue weighted by atomic mass is 16.5. The molecule has 1 fully saturated rings. The van der Waals surface area contributed by atoms with E-state index in [1.54, 1.807) is 12.1 Å². The van der Waals surface area contributed by atoms with Gasteiger partial charge in [-0.1, -0.05) is 68.3 Å². The molecule has 2 aromatic rings. The van der Waals surface area contributed by atoms with Gasteiger partial charge in [-0.3, -0.25) is 0 Å². The zero-order valence-corrected chi connectivity index (χ0v) is 15.0. The Kier molecular flexibility index (Phi) is 7.05. The summed E-state index contributed by atoms with van der Waals surface area (Å²) in [5.74, 6) is 1.59. The van der Waals surface area contributed by atoms with Crippen molar-refractivity contribution in [1.29, 1.82) is 0 Å². The molecule has 0 spiro atoms. The highest BCUT2D eigenvalue weighted by Crippen LogP contribution is 2.46. The van der Waals surface area contributed by atoms with Crippen molar-refractivity contribution in [3.8, 4) is 0 Å². The second-order valence-electron chi connectivity index (χ2n) is 6.59. The van der Waals surface area contributed by atoms with Crippen LogP contribution in [0.5, 0.6) is 0 Å². The highest BCUT2D eigenvalue weighted by Gasteiger charge is 2.33. The molecular formula is C22H28O2. The summed E-state index contributed by atoms with van der Waals surface area (Å²) in [6.07, 6.45) is 3.36. The van der Waals surface area contributed by atoms with Crippen molar-refractivity contribution in [1.82, 2.24) is 0 Å². The Morgan fingerprint density at radius 2 is 1.71 bits per heavy atom. The summed E-state index contributed by atoms with van der Waals surface area (Å²) in [5, 5.41) is 0. The Balaban J connectivity index is 0.000000182. The topological polar surface area (TPSA) is 26.3 Å². The number of rotatable bonds is 5. The minimum Gasteiger partial charge on any atom is -0.462 e. The second kappa shape index (κ2) is 9.27. The van der Waals surface area contributed by atoms with E-state index in [1.807, 2.05) is 19.1 Å². The fraction of sp³-hybridized carbons (Fsp3) is 0.409.